The van der Waals surface area contributed by atoms with E-state index in [1.807, 2.05) is 0 Å². The first-order chi connectivity index (χ1) is 18.3. The lowest BCUT2D eigenvalue weighted by Gasteiger charge is -2.36. The third-order valence-corrected chi connectivity index (χ3v) is 7.51. The number of piperazine rings is 1. The van der Waals surface area contributed by atoms with Crippen molar-refractivity contribution in [3.63, 3.8) is 0 Å². The summed E-state index contributed by atoms with van der Waals surface area (Å²) < 4.78 is 81.0. The lowest BCUT2D eigenvalue weighted by molar-refractivity contribution is -0.143. The lowest BCUT2D eigenvalue weighted by atomic mass is 10.0. The minimum atomic E-state index is -4.97. The Hall–Kier alpha value is -3.32. The van der Waals surface area contributed by atoms with Gasteiger partial charge in [0.1, 0.15) is 0 Å². The highest BCUT2D eigenvalue weighted by molar-refractivity contribution is 8.18. The van der Waals surface area contributed by atoms with Crippen molar-refractivity contribution in [2.75, 3.05) is 13.1 Å². The number of aliphatic imine (C=N–C) groups is 1. The second-order valence-electron chi connectivity index (χ2n) is 9.67. The number of alkyl halides is 6. The Morgan fingerprint density at radius 2 is 1.74 bits per heavy atom. The number of carbonyl (C=O) groups is 1. The van der Waals surface area contributed by atoms with E-state index < -0.39 is 23.5 Å². The monoisotopic (exact) mass is 567 g/mol. The molecule has 0 spiro atoms. The number of rotatable bonds is 3. The van der Waals surface area contributed by atoms with Crippen LogP contribution in [-0.2, 0) is 23.7 Å². The van der Waals surface area contributed by atoms with Crippen molar-refractivity contribution >= 4 is 39.8 Å². The zero-order chi connectivity index (χ0) is 28.1. The first-order valence-electron chi connectivity index (χ1n) is 12.0. The molecular weight excluding hydrogens is 544 g/mol. The summed E-state index contributed by atoms with van der Waals surface area (Å²) in [7, 11) is 0. The van der Waals surface area contributed by atoms with Crippen molar-refractivity contribution in [3.8, 4) is 0 Å². The Balaban J connectivity index is 1.37. The second kappa shape index (κ2) is 10.0. The van der Waals surface area contributed by atoms with Gasteiger partial charge in [-0.2, -0.15) is 36.4 Å². The first-order valence-corrected chi connectivity index (χ1v) is 12.9. The van der Waals surface area contributed by atoms with Crippen molar-refractivity contribution in [1.29, 1.82) is 0 Å². The molecule has 2 aliphatic heterocycles. The maximum Gasteiger partial charge on any atom is 0.416 e. The van der Waals surface area contributed by atoms with Crippen molar-refractivity contribution < 1.29 is 31.1 Å². The van der Waals surface area contributed by atoms with Crippen molar-refractivity contribution in [2.24, 2.45) is 4.99 Å². The average Bonchev–Trinajstić information content (AvgIpc) is 3.40. The van der Waals surface area contributed by atoms with Gasteiger partial charge in [-0.3, -0.25) is 9.48 Å². The normalized spacial score (nSPS) is 21.7. The standard InChI is InChI=1S/C26H23F6N5OS/c1-14-11-36(12-15(2)34-14)24-35-23(38)22(39-24)8-16-3-6-21-18(7-16)10-33-37(21)13-17-4-5-19(25(27,28)29)9-20(17)26(30,31)32/h3-10,14-15,34H,11-13H2,1-2H3/b22-8-/t14-,15+. The Labute approximate surface area is 223 Å². The third kappa shape index (κ3) is 5.83. The number of fused-ring (bicyclic) bond motifs is 1. The molecule has 206 valence electrons. The van der Waals surface area contributed by atoms with Gasteiger partial charge in [-0.15, -0.1) is 0 Å². The van der Waals surface area contributed by atoms with Gasteiger partial charge in [0.2, 0.25) is 0 Å². The molecule has 3 heterocycles. The van der Waals surface area contributed by atoms with Gasteiger partial charge in [-0.05, 0) is 67.1 Å². The highest BCUT2D eigenvalue weighted by Gasteiger charge is 2.38. The maximum atomic E-state index is 13.6. The van der Waals surface area contributed by atoms with Crippen LogP contribution < -0.4 is 5.32 Å². The Kier molecular flexibility index (Phi) is 7.00. The number of amidine groups is 1. The van der Waals surface area contributed by atoms with E-state index in [-0.39, 0.29) is 36.2 Å². The van der Waals surface area contributed by atoms with Crippen LogP contribution in [0.25, 0.3) is 17.0 Å². The van der Waals surface area contributed by atoms with E-state index in [4.69, 9.17) is 0 Å². The number of nitrogens with zero attached hydrogens (tertiary/aromatic N) is 4. The molecule has 13 heteroatoms. The van der Waals surface area contributed by atoms with Crippen molar-refractivity contribution in [1.82, 2.24) is 20.0 Å². The fourth-order valence-corrected chi connectivity index (χ4v) is 5.74. The number of carbonyl (C=O) groups excluding carboxylic acids is 1. The lowest BCUT2D eigenvalue weighted by Crippen LogP contribution is -2.55. The summed E-state index contributed by atoms with van der Waals surface area (Å²) in [5.74, 6) is -0.341. The summed E-state index contributed by atoms with van der Waals surface area (Å²) in [4.78, 5) is 19.3. The van der Waals surface area contributed by atoms with Gasteiger partial charge in [0.25, 0.3) is 5.91 Å². The molecule has 5 rings (SSSR count). The van der Waals surface area contributed by atoms with Gasteiger partial charge in [-0.25, -0.2) is 0 Å². The zero-order valence-electron chi connectivity index (χ0n) is 20.8. The molecule has 0 aliphatic carbocycles. The van der Waals surface area contributed by atoms with Crippen LogP contribution in [0.1, 0.15) is 36.1 Å². The van der Waals surface area contributed by atoms with E-state index in [2.05, 4.69) is 34.2 Å². The minimum Gasteiger partial charge on any atom is -0.348 e. The number of nitrogens with one attached hydrogen (secondary N) is 1. The van der Waals surface area contributed by atoms with E-state index in [9.17, 15) is 31.1 Å². The van der Waals surface area contributed by atoms with Crippen LogP contribution >= 0.6 is 11.8 Å². The van der Waals surface area contributed by atoms with Gasteiger partial charge in [-0.1, -0.05) is 12.1 Å². The first kappa shape index (κ1) is 27.3. The van der Waals surface area contributed by atoms with Crippen LogP contribution in [0.15, 0.2) is 52.5 Å². The number of benzene rings is 2. The Morgan fingerprint density at radius 3 is 2.41 bits per heavy atom. The SMILES string of the molecule is C[C@@H]1CN(C2=NC(=O)/C(=C/c3ccc4c(cnn4Cc4ccc(C(F)(F)F)cc4C(F)(F)F)c3)S2)C[C@H](C)N1. The van der Waals surface area contributed by atoms with Crippen LogP contribution in [0.3, 0.4) is 0 Å². The molecule has 1 aromatic heterocycles. The molecule has 1 saturated heterocycles. The molecule has 2 aliphatic rings. The molecule has 3 aromatic rings. The van der Waals surface area contributed by atoms with Gasteiger partial charge in [0.05, 0.1) is 34.3 Å². The van der Waals surface area contributed by atoms with E-state index in [0.717, 1.165) is 19.2 Å². The summed E-state index contributed by atoms with van der Waals surface area (Å²) >= 11 is 1.30. The van der Waals surface area contributed by atoms with Gasteiger partial charge in [0, 0.05) is 30.6 Å². The van der Waals surface area contributed by atoms with Gasteiger partial charge >= 0.3 is 12.4 Å². The van der Waals surface area contributed by atoms with Crippen molar-refractivity contribution in [3.05, 3.63) is 69.8 Å². The molecule has 0 radical (unpaired) electrons. The third-order valence-electron chi connectivity index (χ3n) is 6.46. The largest absolute Gasteiger partial charge is 0.416 e. The Bertz CT molecular complexity index is 1480. The second-order valence-corrected chi connectivity index (χ2v) is 10.7. The quantitative estimate of drug-likeness (QED) is 0.322. The van der Waals surface area contributed by atoms with E-state index in [1.54, 1.807) is 24.3 Å². The van der Waals surface area contributed by atoms with Crippen LogP contribution in [0.5, 0.6) is 0 Å². The van der Waals surface area contributed by atoms with Gasteiger partial charge < -0.3 is 10.2 Å². The summed E-state index contributed by atoms with van der Waals surface area (Å²) in [6, 6.07) is 7.20. The predicted molar refractivity (Wildman–Crippen MR) is 137 cm³/mol. The number of hydrogen-bond acceptors (Lipinski definition) is 5. The summed E-state index contributed by atoms with van der Waals surface area (Å²) in [5, 5.41) is 8.85. The molecule has 39 heavy (non-hydrogen) atoms. The number of halogens is 6. The number of aromatic nitrogens is 2. The minimum absolute atomic E-state index is 0.125. The van der Waals surface area contributed by atoms with Crippen LogP contribution in [-0.4, -0.2) is 50.9 Å². The molecule has 1 fully saturated rings. The average molecular weight is 568 g/mol. The fourth-order valence-electron chi connectivity index (χ4n) is 4.80. The zero-order valence-corrected chi connectivity index (χ0v) is 21.6. The topological polar surface area (TPSA) is 62.5 Å². The molecule has 0 unspecified atom stereocenters. The van der Waals surface area contributed by atoms with Crippen molar-refractivity contribution in [2.45, 2.75) is 44.8 Å². The molecule has 1 amide bonds. The summed E-state index contributed by atoms with van der Waals surface area (Å²) in [6.07, 6.45) is -6.70. The number of amides is 1. The van der Waals surface area contributed by atoms with E-state index in [1.165, 1.54) is 22.6 Å². The smallest absolute Gasteiger partial charge is 0.348 e. The van der Waals surface area contributed by atoms with E-state index >= 15 is 0 Å². The molecule has 1 N–H and O–H groups in total. The van der Waals surface area contributed by atoms with Crippen LogP contribution in [0.4, 0.5) is 26.3 Å². The molecule has 2 aromatic carbocycles. The molecule has 0 bridgehead atoms. The summed E-state index contributed by atoms with van der Waals surface area (Å²) in [5.41, 5.74) is -1.88. The fraction of sp³-hybridized carbons (Fsp3) is 0.346. The number of hydrogen-bond donors (Lipinski definition) is 1. The van der Waals surface area contributed by atoms with Gasteiger partial charge in [0.15, 0.2) is 5.17 Å². The highest BCUT2D eigenvalue weighted by atomic mass is 32.2. The Morgan fingerprint density at radius 1 is 1.03 bits per heavy atom. The maximum absolute atomic E-state index is 13.6. The molecular formula is C26H23F6N5OS. The highest BCUT2D eigenvalue weighted by Crippen LogP contribution is 2.38. The predicted octanol–water partition coefficient (Wildman–Crippen LogP) is 5.77. The summed E-state index contributed by atoms with van der Waals surface area (Å²) in [6.45, 7) is 5.23. The van der Waals surface area contributed by atoms with E-state index in [0.29, 0.717) is 32.6 Å². The number of thioether (sulfide) groups is 1. The molecule has 6 nitrogen and oxygen atoms in total. The van der Waals surface area contributed by atoms with Crippen LogP contribution in [0.2, 0.25) is 0 Å². The molecule has 0 saturated carbocycles. The molecule has 2 atom stereocenters. The van der Waals surface area contributed by atoms with Crippen LogP contribution in [0, 0.1) is 0 Å².